The average Bonchev–Trinajstić information content (AvgIpc) is 1.00. The van der Waals surface area contributed by atoms with Gasteiger partial charge < -0.3 is 0 Å². The minimum absolute atomic E-state index is 0. The van der Waals surface area contributed by atoms with Crippen molar-refractivity contribution in [3.8, 4) is 0 Å². The summed E-state index contributed by atoms with van der Waals surface area (Å²) < 4.78 is 8.26. The Morgan fingerprint density at radius 1 is 1.25 bits per heavy atom. The van der Waals surface area contributed by atoms with Gasteiger partial charge in [-0.3, -0.25) is 0 Å². The SMILES string of the molecule is [Bi].[Fe].[O]=[Mo]. The Morgan fingerprint density at radius 2 is 1.25 bits per heavy atom. The molecule has 0 bridgehead atoms. The molecular formula is BiFeMoO. The van der Waals surface area contributed by atoms with Crippen molar-refractivity contribution in [2.24, 2.45) is 0 Å². The van der Waals surface area contributed by atoms with Crippen molar-refractivity contribution < 1.29 is 40.2 Å². The third-order valence-corrected chi connectivity index (χ3v) is 0. The van der Waals surface area contributed by atoms with Gasteiger partial charge in [0.05, 0.1) is 0 Å². The Bertz CT molecular complexity index is 8.00. The third kappa shape index (κ3) is 9.09. The van der Waals surface area contributed by atoms with E-state index in [4.69, 9.17) is 3.40 Å². The molecule has 0 N–H and O–H groups in total. The van der Waals surface area contributed by atoms with E-state index in [2.05, 4.69) is 0 Å². The van der Waals surface area contributed by atoms with E-state index in [-0.39, 0.29) is 43.3 Å². The summed E-state index contributed by atoms with van der Waals surface area (Å²) in [5.41, 5.74) is 0. The molecule has 0 saturated heterocycles. The first-order valence-electron chi connectivity index (χ1n) is 0.167. The van der Waals surface area contributed by atoms with Crippen LogP contribution in [-0.4, -0.2) is 26.2 Å². The second-order valence-corrected chi connectivity index (χ2v) is 0. The summed E-state index contributed by atoms with van der Waals surface area (Å²) in [6.45, 7) is 0. The molecule has 0 heterocycles. The summed E-state index contributed by atoms with van der Waals surface area (Å²) in [7, 11) is 0. The molecule has 0 rings (SSSR count). The normalized spacial score (nSPS) is 1.00. The van der Waals surface area contributed by atoms with Gasteiger partial charge in [-0.2, -0.15) is 0 Å². The van der Waals surface area contributed by atoms with Gasteiger partial charge in [0.1, 0.15) is 0 Å². The van der Waals surface area contributed by atoms with Gasteiger partial charge in [0.25, 0.3) is 0 Å². The van der Waals surface area contributed by atoms with Gasteiger partial charge >= 0.3 is 23.2 Å². The minimum atomic E-state index is 0. The van der Waals surface area contributed by atoms with Gasteiger partial charge in [-0.15, -0.1) is 0 Å². The Labute approximate surface area is 65.7 Å². The predicted octanol–water partition coefficient (Wildman–Crippen LogP) is -0.505. The van der Waals surface area contributed by atoms with E-state index in [1.807, 2.05) is 0 Å². The molecule has 0 aliphatic rings. The molecule has 0 unspecified atom stereocenters. The quantitative estimate of drug-likeness (QED) is 0.521. The fourth-order valence-electron chi connectivity index (χ4n) is 0. The van der Waals surface area contributed by atoms with Crippen LogP contribution < -0.4 is 0 Å². The first kappa shape index (κ1) is 16.9. The van der Waals surface area contributed by atoms with Crippen LogP contribution in [0.3, 0.4) is 0 Å². The van der Waals surface area contributed by atoms with Crippen molar-refractivity contribution in [1.29, 1.82) is 0 Å². The zero-order chi connectivity index (χ0) is 2.00. The van der Waals surface area contributed by atoms with E-state index in [9.17, 15) is 0 Å². The zero-order valence-corrected chi connectivity index (χ0v) is 8.21. The number of hydrogen-bond acceptors (Lipinski definition) is 1. The van der Waals surface area contributed by atoms with Crippen LogP contribution in [0.15, 0.2) is 0 Å². The topological polar surface area (TPSA) is 17.1 Å². The molecule has 0 aromatic carbocycles. The average molecular weight is 377 g/mol. The number of hydrogen-bond donors (Lipinski definition) is 0. The van der Waals surface area contributed by atoms with Gasteiger partial charge in [0, 0.05) is 43.3 Å². The molecule has 0 aliphatic carbocycles. The molecule has 0 fully saturated rings. The molecule has 0 aromatic rings. The molecular weight excluding hydrogens is 377 g/mol. The van der Waals surface area contributed by atoms with Crippen LogP contribution in [0.5, 0.6) is 0 Å². The fourth-order valence-corrected chi connectivity index (χ4v) is 0. The van der Waals surface area contributed by atoms with Crippen molar-refractivity contribution in [2.45, 2.75) is 0 Å². The van der Waals surface area contributed by atoms with E-state index in [1.165, 1.54) is 0 Å². The molecule has 0 aliphatic heterocycles. The van der Waals surface area contributed by atoms with E-state index >= 15 is 0 Å². The third-order valence-electron chi connectivity index (χ3n) is 0. The molecule has 0 aromatic heterocycles. The fraction of sp³-hybridized carbons (Fsp3) is 0. The summed E-state index contributed by atoms with van der Waals surface area (Å²) in [5, 5.41) is 0. The van der Waals surface area contributed by atoms with Crippen LogP contribution in [-0.2, 0) is 40.2 Å². The standard InChI is InChI=1S/Bi.Fe.Mo.O. The van der Waals surface area contributed by atoms with Crippen molar-refractivity contribution in [3.05, 3.63) is 0 Å². The molecule has 1 nitrogen and oxygen atoms in total. The van der Waals surface area contributed by atoms with Gasteiger partial charge in [0.2, 0.25) is 0 Å². The monoisotopic (exact) mass is 379 g/mol. The Kier molecular flexibility index (Phi) is 87.3. The van der Waals surface area contributed by atoms with E-state index in [1.54, 1.807) is 0 Å². The van der Waals surface area contributed by atoms with E-state index < -0.39 is 0 Å². The maximum atomic E-state index is 8.26. The second kappa shape index (κ2) is 20.7. The van der Waals surface area contributed by atoms with Crippen molar-refractivity contribution >= 4 is 26.2 Å². The summed E-state index contributed by atoms with van der Waals surface area (Å²) in [6, 6.07) is 0. The number of rotatable bonds is 0. The maximum absolute atomic E-state index is 8.26. The van der Waals surface area contributed by atoms with Crippen molar-refractivity contribution in [2.75, 3.05) is 0 Å². The van der Waals surface area contributed by atoms with Gasteiger partial charge in [-0.05, 0) is 0 Å². The van der Waals surface area contributed by atoms with E-state index in [0.29, 0.717) is 19.8 Å². The Balaban J connectivity index is -0.00000000500. The molecule has 0 atom stereocenters. The summed E-state index contributed by atoms with van der Waals surface area (Å²) in [6.07, 6.45) is 0. The summed E-state index contributed by atoms with van der Waals surface area (Å²) in [5.74, 6) is 0. The van der Waals surface area contributed by atoms with Gasteiger partial charge in [-0.1, -0.05) is 0 Å². The zero-order valence-electron chi connectivity index (χ0n) is 1.62. The molecule has 0 saturated carbocycles. The molecule has 4 heteroatoms. The van der Waals surface area contributed by atoms with Gasteiger partial charge in [0.15, 0.2) is 0 Å². The van der Waals surface area contributed by atoms with E-state index in [0.717, 1.165) is 0 Å². The molecule has 4 heavy (non-hydrogen) atoms. The second-order valence-electron chi connectivity index (χ2n) is 0. The van der Waals surface area contributed by atoms with Crippen LogP contribution in [0.4, 0.5) is 0 Å². The van der Waals surface area contributed by atoms with Crippen LogP contribution in [0.1, 0.15) is 0 Å². The Hall–Kier alpha value is 1.89. The molecule has 3 radical (unpaired) electrons. The van der Waals surface area contributed by atoms with Crippen LogP contribution in [0, 0.1) is 0 Å². The van der Waals surface area contributed by atoms with Crippen molar-refractivity contribution in [1.82, 2.24) is 0 Å². The van der Waals surface area contributed by atoms with Crippen LogP contribution >= 0.6 is 0 Å². The summed E-state index contributed by atoms with van der Waals surface area (Å²) in [4.78, 5) is 0. The van der Waals surface area contributed by atoms with Crippen LogP contribution in [0.25, 0.3) is 0 Å². The first-order valence-corrected chi connectivity index (χ1v) is 0.986. The van der Waals surface area contributed by atoms with Gasteiger partial charge in [-0.25, -0.2) is 0 Å². The molecule has 0 amide bonds. The predicted molar refractivity (Wildman–Crippen MR) is 6.44 cm³/mol. The molecule has 25 valence electrons. The Morgan fingerprint density at radius 3 is 1.25 bits per heavy atom. The summed E-state index contributed by atoms with van der Waals surface area (Å²) >= 11 is 0.700. The first-order chi connectivity index (χ1) is 1.00. The van der Waals surface area contributed by atoms with Crippen LogP contribution in [0.2, 0.25) is 0 Å². The van der Waals surface area contributed by atoms with Crippen molar-refractivity contribution in [3.63, 3.8) is 0 Å². The molecule has 0 spiro atoms.